The van der Waals surface area contributed by atoms with Gasteiger partial charge >= 0.3 is 0 Å². The zero-order valence-electron chi connectivity index (χ0n) is 12.4. The first-order valence-electron chi connectivity index (χ1n) is 6.88. The molecule has 0 N–H and O–H groups in total. The van der Waals surface area contributed by atoms with Crippen molar-refractivity contribution in [2.45, 2.75) is 59.8 Å². The molecule has 2 atom stereocenters. The lowest BCUT2D eigenvalue weighted by Gasteiger charge is -2.30. The maximum Gasteiger partial charge on any atom is -0.00691 e. The maximum absolute atomic E-state index is 2.45. The summed E-state index contributed by atoms with van der Waals surface area (Å²) in [4.78, 5) is 0. The smallest absolute Gasteiger partial charge is 0.00691 e. The van der Waals surface area contributed by atoms with E-state index in [2.05, 4.69) is 60.6 Å². The molecule has 1 aliphatic rings. The molecular formula is C17H26. The molecule has 1 aromatic carbocycles. The van der Waals surface area contributed by atoms with E-state index in [9.17, 15) is 0 Å². The molecular weight excluding hydrogens is 204 g/mol. The molecule has 0 fully saturated rings. The standard InChI is InChI=1S/C17H26/c1-10(2)16-13(5)17(6,7)15-9-12(4)11(3)8-14(15)16/h8-10,13,16H,1-7H3. The van der Waals surface area contributed by atoms with Gasteiger partial charge in [0.15, 0.2) is 0 Å². The fourth-order valence-electron chi connectivity index (χ4n) is 3.57. The van der Waals surface area contributed by atoms with E-state index in [1.807, 2.05) is 0 Å². The van der Waals surface area contributed by atoms with E-state index in [0.29, 0.717) is 5.41 Å². The summed E-state index contributed by atoms with van der Waals surface area (Å²) in [5.41, 5.74) is 6.41. The molecule has 0 heterocycles. The van der Waals surface area contributed by atoms with E-state index in [-0.39, 0.29) is 0 Å². The third-order valence-electron chi connectivity index (χ3n) is 5.11. The Hall–Kier alpha value is -0.780. The molecule has 0 aromatic heterocycles. The Morgan fingerprint density at radius 2 is 1.59 bits per heavy atom. The minimum atomic E-state index is 0.322. The van der Waals surface area contributed by atoms with Gasteiger partial charge in [-0.1, -0.05) is 46.8 Å². The topological polar surface area (TPSA) is 0 Å². The van der Waals surface area contributed by atoms with Crippen LogP contribution in [0, 0.1) is 25.7 Å². The van der Waals surface area contributed by atoms with Crippen LogP contribution in [0.3, 0.4) is 0 Å². The van der Waals surface area contributed by atoms with E-state index >= 15 is 0 Å². The molecule has 0 radical (unpaired) electrons. The summed E-state index contributed by atoms with van der Waals surface area (Å²) < 4.78 is 0. The summed E-state index contributed by atoms with van der Waals surface area (Å²) in [5.74, 6) is 2.19. The molecule has 17 heavy (non-hydrogen) atoms. The number of rotatable bonds is 1. The van der Waals surface area contributed by atoms with E-state index in [1.54, 1.807) is 11.1 Å². The fourth-order valence-corrected chi connectivity index (χ4v) is 3.57. The van der Waals surface area contributed by atoms with Gasteiger partial charge in [-0.15, -0.1) is 0 Å². The van der Waals surface area contributed by atoms with Crippen LogP contribution in [-0.4, -0.2) is 0 Å². The number of benzene rings is 1. The number of aryl methyl sites for hydroxylation is 2. The number of hydrogen-bond acceptors (Lipinski definition) is 0. The van der Waals surface area contributed by atoms with Crippen LogP contribution >= 0.6 is 0 Å². The second kappa shape index (κ2) is 3.86. The average molecular weight is 230 g/mol. The van der Waals surface area contributed by atoms with Crippen LogP contribution in [0.1, 0.15) is 62.8 Å². The van der Waals surface area contributed by atoms with Gasteiger partial charge in [0.1, 0.15) is 0 Å². The Bertz CT molecular complexity index is 438. The molecule has 0 saturated heterocycles. The number of fused-ring (bicyclic) bond motifs is 1. The summed E-state index contributed by atoms with van der Waals surface area (Å²) in [6.07, 6.45) is 0. The molecule has 0 spiro atoms. The summed E-state index contributed by atoms with van der Waals surface area (Å²) in [7, 11) is 0. The third kappa shape index (κ3) is 1.73. The molecule has 2 rings (SSSR count). The second-order valence-electron chi connectivity index (χ2n) is 6.80. The Labute approximate surface area is 106 Å². The lowest BCUT2D eigenvalue weighted by atomic mass is 9.74. The van der Waals surface area contributed by atoms with E-state index < -0.39 is 0 Å². The van der Waals surface area contributed by atoms with Gasteiger partial charge in [0.05, 0.1) is 0 Å². The molecule has 0 saturated carbocycles. The van der Waals surface area contributed by atoms with E-state index in [0.717, 1.165) is 17.8 Å². The highest BCUT2D eigenvalue weighted by Gasteiger charge is 2.44. The second-order valence-corrected chi connectivity index (χ2v) is 6.80. The minimum absolute atomic E-state index is 0.322. The Kier molecular flexibility index (Phi) is 2.88. The first kappa shape index (κ1) is 12.7. The molecule has 0 amide bonds. The van der Waals surface area contributed by atoms with Crippen LogP contribution in [0.25, 0.3) is 0 Å². The maximum atomic E-state index is 2.45. The molecule has 0 aliphatic heterocycles. The molecule has 1 aromatic rings. The van der Waals surface area contributed by atoms with Gasteiger partial charge in [-0.2, -0.15) is 0 Å². The summed E-state index contributed by atoms with van der Waals surface area (Å²) >= 11 is 0. The lowest BCUT2D eigenvalue weighted by Crippen LogP contribution is -2.25. The highest BCUT2D eigenvalue weighted by molar-refractivity contribution is 5.48. The van der Waals surface area contributed by atoms with E-state index in [4.69, 9.17) is 0 Å². The average Bonchev–Trinajstić information content (AvgIpc) is 2.38. The quantitative estimate of drug-likeness (QED) is 0.639. The van der Waals surface area contributed by atoms with Crippen LogP contribution < -0.4 is 0 Å². The minimum Gasteiger partial charge on any atom is -0.0622 e. The fraction of sp³-hybridized carbons (Fsp3) is 0.647. The predicted molar refractivity (Wildman–Crippen MR) is 75.7 cm³/mol. The highest BCUT2D eigenvalue weighted by atomic mass is 14.5. The van der Waals surface area contributed by atoms with Gasteiger partial charge in [-0.25, -0.2) is 0 Å². The van der Waals surface area contributed by atoms with Crippen molar-refractivity contribution in [1.82, 2.24) is 0 Å². The van der Waals surface area contributed by atoms with Crippen LogP contribution in [0.5, 0.6) is 0 Å². The van der Waals surface area contributed by atoms with Crippen molar-refractivity contribution in [3.05, 3.63) is 34.4 Å². The van der Waals surface area contributed by atoms with Crippen LogP contribution in [0.15, 0.2) is 12.1 Å². The van der Waals surface area contributed by atoms with Gasteiger partial charge in [-0.3, -0.25) is 0 Å². The largest absolute Gasteiger partial charge is 0.0622 e. The molecule has 94 valence electrons. The van der Waals surface area contributed by atoms with Crippen LogP contribution in [0.2, 0.25) is 0 Å². The van der Waals surface area contributed by atoms with E-state index in [1.165, 1.54) is 11.1 Å². The Balaban J connectivity index is 2.66. The summed E-state index contributed by atoms with van der Waals surface area (Å²) in [5, 5.41) is 0. The summed E-state index contributed by atoms with van der Waals surface area (Å²) in [6, 6.07) is 4.88. The third-order valence-corrected chi connectivity index (χ3v) is 5.11. The van der Waals surface area contributed by atoms with Crippen molar-refractivity contribution in [2.75, 3.05) is 0 Å². The van der Waals surface area contributed by atoms with Crippen molar-refractivity contribution in [2.24, 2.45) is 11.8 Å². The van der Waals surface area contributed by atoms with Crippen molar-refractivity contribution in [1.29, 1.82) is 0 Å². The lowest BCUT2D eigenvalue weighted by molar-refractivity contribution is 0.286. The predicted octanol–water partition coefficient (Wildman–Crippen LogP) is 4.97. The first-order chi connectivity index (χ1) is 7.76. The molecule has 1 aliphatic carbocycles. The van der Waals surface area contributed by atoms with Gasteiger partial charge in [-0.05, 0) is 59.3 Å². The van der Waals surface area contributed by atoms with Gasteiger partial charge in [0.2, 0.25) is 0 Å². The first-order valence-corrected chi connectivity index (χ1v) is 6.88. The molecule has 0 bridgehead atoms. The molecule has 2 unspecified atom stereocenters. The normalized spacial score (nSPS) is 26.4. The van der Waals surface area contributed by atoms with Crippen molar-refractivity contribution >= 4 is 0 Å². The van der Waals surface area contributed by atoms with Gasteiger partial charge in [0.25, 0.3) is 0 Å². The van der Waals surface area contributed by atoms with Gasteiger partial charge in [0, 0.05) is 0 Å². The highest BCUT2D eigenvalue weighted by Crippen LogP contribution is 2.53. The van der Waals surface area contributed by atoms with Crippen molar-refractivity contribution in [3.8, 4) is 0 Å². The zero-order valence-corrected chi connectivity index (χ0v) is 12.4. The van der Waals surface area contributed by atoms with Crippen LogP contribution in [-0.2, 0) is 5.41 Å². The Morgan fingerprint density at radius 1 is 1.06 bits per heavy atom. The van der Waals surface area contributed by atoms with Crippen LogP contribution in [0.4, 0.5) is 0 Å². The Morgan fingerprint density at radius 3 is 2.12 bits per heavy atom. The monoisotopic (exact) mass is 230 g/mol. The van der Waals surface area contributed by atoms with Crippen molar-refractivity contribution < 1.29 is 0 Å². The number of hydrogen-bond donors (Lipinski definition) is 0. The van der Waals surface area contributed by atoms with Crippen molar-refractivity contribution in [3.63, 3.8) is 0 Å². The van der Waals surface area contributed by atoms with Gasteiger partial charge < -0.3 is 0 Å². The summed E-state index contributed by atoms with van der Waals surface area (Å²) in [6.45, 7) is 16.4. The molecule has 0 heteroatoms. The molecule has 0 nitrogen and oxygen atoms in total. The SMILES string of the molecule is Cc1cc2c(cc1C)C(C)(C)C(C)C2C(C)C. The zero-order chi connectivity index (χ0) is 13.0.